The fourth-order valence-electron chi connectivity index (χ4n) is 1.56. The number of carbonyl (C=O) groups is 1. The molecule has 0 saturated carbocycles. The fourth-order valence-corrected chi connectivity index (χ4v) is 1.97. The lowest BCUT2D eigenvalue weighted by molar-refractivity contribution is -0.136. The number of carbonyl (C=O) groups excluding carboxylic acids is 1. The van der Waals surface area contributed by atoms with Crippen LogP contribution in [0.2, 0.25) is 0 Å². The van der Waals surface area contributed by atoms with Crippen LogP contribution in [0.15, 0.2) is 22.7 Å². The Kier molecular flexibility index (Phi) is 6.31. The van der Waals surface area contributed by atoms with E-state index in [-0.39, 0.29) is 18.6 Å². The molecule has 0 fully saturated rings. The summed E-state index contributed by atoms with van der Waals surface area (Å²) in [5.74, 6) is 0.725. The molecule has 19 heavy (non-hydrogen) atoms. The van der Waals surface area contributed by atoms with E-state index in [0.29, 0.717) is 6.54 Å². The van der Waals surface area contributed by atoms with Gasteiger partial charge in [0.25, 0.3) is 0 Å². The Balaban J connectivity index is 2.68. The molecule has 1 aromatic rings. The van der Waals surface area contributed by atoms with Gasteiger partial charge in [0.05, 0.1) is 13.2 Å². The molecule has 4 nitrogen and oxygen atoms in total. The number of amides is 1. The Morgan fingerprint density at radius 2 is 2.11 bits per heavy atom. The highest BCUT2D eigenvalue weighted by Gasteiger charge is 2.13. The summed E-state index contributed by atoms with van der Waals surface area (Å²) in [6, 6.07) is 5.74. The van der Waals surface area contributed by atoms with Gasteiger partial charge in [-0.05, 0) is 32.0 Å². The summed E-state index contributed by atoms with van der Waals surface area (Å²) in [6.07, 6.45) is 0.0535. The molecule has 0 aliphatic rings. The van der Waals surface area contributed by atoms with E-state index in [1.807, 2.05) is 32.0 Å². The van der Waals surface area contributed by atoms with Gasteiger partial charge in [-0.1, -0.05) is 15.9 Å². The Bertz CT molecular complexity index is 435. The number of halogens is 1. The van der Waals surface area contributed by atoms with E-state index < -0.39 is 0 Å². The quantitative estimate of drug-likeness (QED) is 0.805. The Labute approximate surface area is 122 Å². The number of rotatable bonds is 6. The van der Waals surface area contributed by atoms with Crippen LogP contribution in [-0.4, -0.2) is 37.7 Å². The monoisotopic (exact) mass is 329 g/mol. The third-order valence-corrected chi connectivity index (χ3v) is 3.11. The predicted molar refractivity (Wildman–Crippen MR) is 78.3 cm³/mol. The van der Waals surface area contributed by atoms with Crippen LogP contribution in [0, 0.1) is 0 Å². The van der Waals surface area contributed by atoms with Crippen molar-refractivity contribution in [2.45, 2.75) is 26.5 Å². The maximum absolute atomic E-state index is 11.9. The minimum atomic E-state index is -0.0456. The first-order valence-corrected chi connectivity index (χ1v) is 6.91. The van der Waals surface area contributed by atoms with Gasteiger partial charge in [0.1, 0.15) is 12.4 Å². The summed E-state index contributed by atoms with van der Waals surface area (Å²) in [7, 11) is 3.38. The van der Waals surface area contributed by atoms with Crippen LogP contribution in [-0.2, 0) is 16.1 Å². The number of hydrogen-bond donors (Lipinski definition) is 0. The van der Waals surface area contributed by atoms with Gasteiger partial charge in [-0.15, -0.1) is 0 Å². The predicted octanol–water partition coefficient (Wildman–Crippen LogP) is 2.84. The van der Waals surface area contributed by atoms with Crippen molar-refractivity contribution < 1.29 is 14.3 Å². The van der Waals surface area contributed by atoms with E-state index in [1.54, 1.807) is 19.1 Å². The summed E-state index contributed by atoms with van der Waals surface area (Å²) in [5, 5.41) is 0. The van der Waals surface area contributed by atoms with Crippen LogP contribution in [0.3, 0.4) is 0 Å². The SMILES string of the molecule is COc1ccc(Br)cc1CN(C)C(=O)COC(C)C. The van der Waals surface area contributed by atoms with Gasteiger partial charge < -0.3 is 14.4 Å². The fraction of sp³-hybridized carbons (Fsp3) is 0.500. The van der Waals surface area contributed by atoms with Gasteiger partial charge in [-0.2, -0.15) is 0 Å². The molecule has 0 N–H and O–H groups in total. The van der Waals surface area contributed by atoms with Crippen LogP contribution in [0.5, 0.6) is 5.75 Å². The molecule has 0 saturated heterocycles. The smallest absolute Gasteiger partial charge is 0.248 e. The van der Waals surface area contributed by atoms with Crippen molar-refractivity contribution in [2.75, 3.05) is 20.8 Å². The molecule has 5 heteroatoms. The van der Waals surface area contributed by atoms with Gasteiger partial charge in [0.2, 0.25) is 5.91 Å². The molecule has 0 aromatic heterocycles. The average Bonchev–Trinajstić information content (AvgIpc) is 2.36. The average molecular weight is 330 g/mol. The van der Waals surface area contributed by atoms with Crippen molar-refractivity contribution in [3.05, 3.63) is 28.2 Å². The molecular weight excluding hydrogens is 310 g/mol. The Hall–Kier alpha value is -1.07. The van der Waals surface area contributed by atoms with Crippen LogP contribution in [0.25, 0.3) is 0 Å². The van der Waals surface area contributed by atoms with Crippen molar-refractivity contribution in [2.24, 2.45) is 0 Å². The molecule has 0 heterocycles. The summed E-state index contributed by atoms with van der Waals surface area (Å²) < 4.78 is 11.6. The first-order valence-electron chi connectivity index (χ1n) is 6.12. The van der Waals surface area contributed by atoms with Crippen LogP contribution >= 0.6 is 15.9 Å². The van der Waals surface area contributed by atoms with Crippen molar-refractivity contribution in [3.8, 4) is 5.75 Å². The van der Waals surface area contributed by atoms with Crippen LogP contribution < -0.4 is 4.74 Å². The third kappa shape index (κ3) is 5.20. The van der Waals surface area contributed by atoms with Crippen molar-refractivity contribution >= 4 is 21.8 Å². The van der Waals surface area contributed by atoms with E-state index >= 15 is 0 Å². The van der Waals surface area contributed by atoms with E-state index in [2.05, 4.69) is 15.9 Å². The second kappa shape index (κ2) is 7.50. The zero-order chi connectivity index (χ0) is 14.4. The van der Waals surface area contributed by atoms with Crippen LogP contribution in [0.4, 0.5) is 0 Å². The molecule has 0 spiro atoms. The second-order valence-electron chi connectivity index (χ2n) is 4.57. The number of likely N-dealkylation sites (N-methyl/N-ethyl adjacent to an activating group) is 1. The molecular formula is C14H20BrNO3. The van der Waals surface area contributed by atoms with Crippen molar-refractivity contribution in [1.82, 2.24) is 4.90 Å². The molecule has 1 aromatic carbocycles. The lowest BCUT2D eigenvalue weighted by Gasteiger charge is -2.19. The molecule has 1 rings (SSSR count). The van der Waals surface area contributed by atoms with Gasteiger partial charge in [0, 0.05) is 23.6 Å². The first kappa shape index (κ1) is 16.0. The largest absolute Gasteiger partial charge is 0.496 e. The maximum atomic E-state index is 11.9. The normalized spacial score (nSPS) is 10.6. The van der Waals surface area contributed by atoms with Crippen molar-refractivity contribution in [3.63, 3.8) is 0 Å². The summed E-state index contributed by atoms with van der Waals surface area (Å²) in [4.78, 5) is 13.5. The van der Waals surface area contributed by atoms with E-state index in [9.17, 15) is 4.79 Å². The second-order valence-corrected chi connectivity index (χ2v) is 5.48. The van der Waals surface area contributed by atoms with Crippen molar-refractivity contribution in [1.29, 1.82) is 0 Å². The molecule has 1 amide bonds. The lowest BCUT2D eigenvalue weighted by Crippen LogP contribution is -2.30. The number of nitrogens with zero attached hydrogens (tertiary/aromatic N) is 1. The molecule has 106 valence electrons. The summed E-state index contributed by atoms with van der Waals surface area (Å²) >= 11 is 3.42. The highest BCUT2D eigenvalue weighted by molar-refractivity contribution is 9.10. The van der Waals surface area contributed by atoms with E-state index in [4.69, 9.17) is 9.47 Å². The Morgan fingerprint density at radius 1 is 1.42 bits per heavy atom. The topological polar surface area (TPSA) is 38.8 Å². The van der Waals surface area contributed by atoms with E-state index in [0.717, 1.165) is 15.8 Å². The third-order valence-electron chi connectivity index (χ3n) is 2.62. The number of hydrogen-bond acceptors (Lipinski definition) is 3. The van der Waals surface area contributed by atoms with E-state index in [1.165, 1.54) is 0 Å². The minimum Gasteiger partial charge on any atom is -0.496 e. The number of ether oxygens (including phenoxy) is 2. The number of methoxy groups -OCH3 is 1. The first-order chi connectivity index (χ1) is 8.93. The minimum absolute atomic E-state index is 0.0456. The van der Waals surface area contributed by atoms with Gasteiger partial charge in [-0.3, -0.25) is 4.79 Å². The van der Waals surface area contributed by atoms with Gasteiger partial charge >= 0.3 is 0 Å². The lowest BCUT2D eigenvalue weighted by atomic mass is 10.2. The molecule has 0 bridgehead atoms. The summed E-state index contributed by atoms with van der Waals surface area (Å²) in [6.45, 7) is 4.41. The zero-order valence-electron chi connectivity index (χ0n) is 11.8. The maximum Gasteiger partial charge on any atom is 0.248 e. The Morgan fingerprint density at radius 3 is 2.68 bits per heavy atom. The number of benzene rings is 1. The molecule has 0 unspecified atom stereocenters. The zero-order valence-corrected chi connectivity index (χ0v) is 13.4. The highest BCUT2D eigenvalue weighted by atomic mass is 79.9. The van der Waals surface area contributed by atoms with Gasteiger partial charge in [-0.25, -0.2) is 0 Å². The molecule has 0 radical (unpaired) electrons. The molecule has 0 aliphatic carbocycles. The molecule has 0 aliphatic heterocycles. The van der Waals surface area contributed by atoms with Crippen LogP contribution in [0.1, 0.15) is 19.4 Å². The summed E-state index contributed by atoms with van der Waals surface area (Å²) in [5.41, 5.74) is 0.956. The van der Waals surface area contributed by atoms with Gasteiger partial charge in [0.15, 0.2) is 0 Å². The molecule has 0 atom stereocenters. The highest BCUT2D eigenvalue weighted by Crippen LogP contribution is 2.24. The standard InChI is InChI=1S/C14H20BrNO3/c1-10(2)19-9-14(17)16(3)8-11-7-12(15)5-6-13(11)18-4/h5-7,10H,8-9H2,1-4H3.